The molecule has 0 fully saturated rings. The summed E-state index contributed by atoms with van der Waals surface area (Å²) < 4.78 is 20.9. The highest BCUT2D eigenvalue weighted by atomic mass is 32.1. The van der Waals surface area contributed by atoms with Gasteiger partial charge in [-0.05, 0) is 36.5 Å². The molecule has 0 aliphatic carbocycles. The third-order valence-corrected chi connectivity index (χ3v) is 4.91. The van der Waals surface area contributed by atoms with E-state index in [1.165, 1.54) is 11.5 Å². The molecule has 0 spiro atoms. The summed E-state index contributed by atoms with van der Waals surface area (Å²) in [5.74, 6) is 1.99. The van der Waals surface area contributed by atoms with Crippen molar-refractivity contribution >= 4 is 17.1 Å². The van der Waals surface area contributed by atoms with Gasteiger partial charge in [-0.1, -0.05) is 37.3 Å². The average Bonchev–Trinajstić information content (AvgIpc) is 3.16. The van der Waals surface area contributed by atoms with E-state index in [9.17, 15) is 0 Å². The molecule has 1 aromatic heterocycles. The number of hydrogen-bond acceptors (Lipinski definition) is 5. The van der Waals surface area contributed by atoms with Crippen LogP contribution >= 0.6 is 11.5 Å². The average molecular weight is 372 g/mol. The first-order chi connectivity index (χ1) is 12.6. The number of nitrogens with zero attached hydrogens (tertiary/aromatic N) is 1. The van der Waals surface area contributed by atoms with Crippen LogP contribution in [0.25, 0.3) is 16.0 Å². The summed E-state index contributed by atoms with van der Waals surface area (Å²) in [6, 6.07) is 3.76. The zero-order valence-electron chi connectivity index (χ0n) is 16.0. The second-order valence-corrected chi connectivity index (χ2v) is 6.37. The van der Waals surface area contributed by atoms with Gasteiger partial charge in [0, 0.05) is 23.4 Å². The van der Waals surface area contributed by atoms with E-state index < -0.39 is 0 Å². The molecule has 5 heteroatoms. The number of hydrogen-bond donors (Lipinski definition) is 0. The Labute approximate surface area is 159 Å². The van der Waals surface area contributed by atoms with Gasteiger partial charge in [0.15, 0.2) is 11.5 Å². The Balaban J connectivity index is 2.60. The van der Waals surface area contributed by atoms with Crippen LogP contribution in [0, 0.1) is 0 Å². The van der Waals surface area contributed by atoms with Crippen molar-refractivity contribution in [3.8, 4) is 27.7 Å². The van der Waals surface area contributed by atoms with Crippen LogP contribution in [0.5, 0.6) is 17.2 Å². The lowest BCUT2D eigenvalue weighted by Crippen LogP contribution is -1.95. The van der Waals surface area contributed by atoms with Crippen molar-refractivity contribution in [1.82, 2.24) is 4.37 Å². The molecule has 0 bridgehead atoms. The molecule has 1 aromatic carbocycles. The minimum Gasteiger partial charge on any atom is -0.497 e. The maximum absolute atomic E-state index is 5.62. The van der Waals surface area contributed by atoms with Gasteiger partial charge in [0.25, 0.3) is 0 Å². The van der Waals surface area contributed by atoms with Gasteiger partial charge in [-0.3, -0.25) is 0 Å². The Morgan fingerprint density at radius 1 is 1.15 bits per heavy atom. The van der Waals surface area contributed by atoms with E-state index in [-0.39, 0.29) is 0 Å². The number of ether oxygens (including phenoxy) is 3. The highest BCUT2D eigenvalue weighted by Crippen LogP contribution is 2.45. The van der Waals surface area contributed by atoms with Crippen molar-refractivity contribution in [3.63, 3.8) is 0 Å². The van der Waals surface area contributed by atoms with E-state index in [4.69, 9.17) is 14.2 Å². The molecule has 2 rings (SSSR count). The fourth-order valence-electron chi connectivity index (χ4n) is 2.53. The van der Waals surface area contributed by atoms with Crippen molar-refractivity contribution in [2.24, 2.45) is 0 Å². The Bertz CT molecular complexity index is 834. The van der Waals surface area contributed by atoms with Crippen LogP contribution < -0.4 is 14.2 Å². The molecule has 0 saturated carbocycles. The Morgan fingerprint density at radius 2 is 1.92 bits per heavy atom. The van der Waals surface area contributed by atoms with Crippen LogP contribution in [0.1, 0.15) is 25.8 Å². The van der Waals surface area contributed by atoms with Gasteiger partial charge in [0.1, 0.15) is 5.75 Å². The second-order valence-electron chi connectivity index (χ2n) is 5.57. The van der Waals surface area contributed by atoms with Gasteiger partial charge in [-0.25, -0.2) is 0 Å². The highest BCUT2D eigenvalue weighted by Gasteiger charge is 2.20. The van der Waals surface area contributed by atoms with Crippen molar-refractivity contribution in [2.75, 3.05) is 21.3 Å². The Morgan fingerprint density at radius 3 is 2.50 bits per heavy atom. The van der Waals surface area contributed by atoms with Gasteiger partial charge in [-0.15, -0.1) is 0 Å². The molecule has 0 atom stereocenters. The van der Waals surface area contributed by atoms with Crippen LogP contribution in [0.2, 0.25) is 0 Å². The van der Waals surface area contributed by atoms with Crippen LogP contribution in [0.15, 0.2) is 48.7 Å². The Kier molecular flexibility index (Phi) is 7.04. The minimum absolute atomic E-state index is 0.623. The lowest BCUT2D eigenvalue weighted by atomic mass is 10.0. The minimum atomic E-state index is 0.623. The third-order valence-electron chi connectivity index (χ3n) is 4.08. The van der Waals surface area contributed by atoms with Gasteiger partial charge >= 0.3 is 0 Å². The summed E-state index contributed by atoms with van der Waals surface area (Å²) in [5.41, 5.74) is 4.08. The molecule has 0 radical (unpaired) electrons. The summed E-state index contributed by atoms with van der Waals surface area (Å²) in [5, 5.41) is 0. The van der Waals surface area contributed by atoms with E-state index in [0.29, 0.717) is 17.2 Å². The van der Waals surface area contributed by atoms with Crippen LogP contribution in [-0.2, 0) is 0 Å². The van der Waals surface area contributed by atoms with Gasteiger partial charge < -0.3 is 14.2 Å². The van der Waals surface area contributed by atoms with Gasteiger partial charge in [0.05, 0.1) is 26.2 Å². The maximum atomic E-state index is 5.62. The van der Waals surface area contributed by atoms with Gasteiger partial charge in [-0.2, -0.15) is 4.37 Å². The number of benzene rings is 1. The standard InChI is InChI=1S/C21H25NO3S/c1-7-14(3)9-10-15(8-2)18-13-22-26-21(18)17-11-16(23-4)12-19(24-5)20(17)25-6/h8-13H,3,7H2,1-2,4-6H3/b10-9-,15-8+. The summed E-state index contributed by atoms with van der Waals surface area (Å²) in [7, 11) is 4.89. The van der Waals surface area contributed by atoms with Crippen LogP contribution in [0.4, 0.5) is 0 Å². The molecular formula is C21H25NO3S. The monoisotopic (exact) mass is 371 g/mol. The number of rotatable bonds is 8. The van der Waals surface area contributed by atoms with E-state index in [2.05, 4.69) is 30.0 Å². The molecule has 2 aromatic rings. The summed E-state index contributed by atoms with van der Waals surface area (Å²) in [4.78, 5) is 0.999. The first-order valence-corrected chi connectivity index (χ1v) is 9.14. The molecule has 0 amide bonds. The number of allylic oxidation sites excluding steroid dienone is 5. The van der Waals surface area contributed by atoms with Crippen LogP contribution in [-0.4, -0.2) is 25.7 Å². The van der Waals surface area contributed by atoms with Crippen molar-refractivity contribution in [2.45, 2.75) is 20.3 Å². The van der Waals surface area contributed by atoms with Crippen molar-refractivity contribution in [1.29, 1.82) is 0 Å². The summed E-state index contributed by atoms with van der Waals surface area (Å²) in [6.45, 7) is 8.14. The summed E-state index contributed by atoms with van der Waals surface area (Å²) >= 11 is 1.42. The smallest absolute Gasteiger partial charge is 0.169 e. The predicted octanol–water partition coefficient (Wildman–Crippen LogP) is 5.76. The fraction of sp³-hybridized carbons (Fsp3) is 0.286. The fourth-order valence-corrected chi connectivity index (χ4v) is 3.31. The third kappa shape index (κ3) is 4.17. The van der Waals surface area contributed by atoms with Crippen molar-refractivity contribution < 1.29 is 14.2 Å². The van der Waals surface area contributed by atoms with E-state index >= 15 is 0 Å². The normalized spacial score (nSPS) is 11.7. The Hall–Kier alpha value is -2.53. The quantitative estimate of drug-likeness (QED) is 0.553. The molecule has 0 unspecified atom stereocenters. The van der Waals surface area contributed by atoms with E-state index in [0.717, 1.165) is 33.6 Å². The molecule has 0 aliphatic rings. The molecule has 0 saturated heterocycles. The topological polar surface area (TPSA) is 40.6 Å². The largest absolute Gasteiger partial charge is 0.497 e. The number of methoxy groups -OCH3 is 3. The van der Waals surface area contributed by atoms with Crippen LogP contribution in [0.3, 0.4) is 0 Å². The second kappa shape index (κ2) is 9.25. The lowest BCUT2D eigenvalue weighted by Gasteiger charge is -2.15. The zero-order chi connectivity index (χ0) is 19.1. The summed E-state index contributed by atoms with van der Waals surface area (Å²) in [6.07, 6.45) is 8.97. The van der Waals surface area contributed by atoms with E-state index in [1.54, 1.807) is 21.3 Å². The molecule has 4 nitrogen and oxygen atoms in total. The first kappa shape index (κ1) is 19.8. The van der Waals surface area contributed by atoms with Crippen molar-refractivity contribution in [3.05, 3.63) is 54.3 Å². The first-order valence-electron chi connectivity index (χ1n) is 8.37. The molecule has 138 valence electrons. The maximum Gasteiger partial charge on any atom is 0.169 e. The zero-order valence-corrected chi connectivity index (χ0v) is 16.8. The molecule has 1 heterocycles. The SMILES string of the molecule is C=C(/C=C\C(=C/C)c1cnsc1-c1cc(OC)cc(OC)c1OC)CC. The lowest BCUT2D eigenvalue weighted by molar-refractivity contribution is 0.350. The molecule has 26 heavy (non-hydrogen) atoms. The molecule has 0 aliphatic heterocycles. The van der Waals surface area contributed by atoms with E-state index in [1.807, 2.05) is 31.3 Å². The highest BCUT2D eigenvalue weighted by molar-refractivity contribution is 7.10. The molecular weight excluding hydrogens is 346 g/mol. The number of aromatic nitrogens is 1. The molecule has 0 N–H and O–H groups in total. The predicted molar refractivity (Wildman–Crippen MR) is 109 cm³/mol. The van der Waals surface area contributed by atoms with Gasteiger partial charge in [0.2, 0.25) is 0 Å².